The van der Waals surface area contributed by atoms with Gasteiger partial charge < -0.3 is 0 Å². The summed E-state index contributed by atoms with van der Waals surface area (Å²) in [6.45, 7) is 2.24. The lowest BCUT2D eigenvalue weighted by Crippen LogP contribution is -2.29. The van der Waals surface area contributed by atoms with E-state index in [0.29, 0.717) is 11.3 Å². The molecule has 0 atom stereocenters. The number of benzene rings is 2. The van der Waals surface area contributed by atoms with E-state index in [2.05, 4.69) is 0 Å². The molecular formula is C16H16N2O2S. The average molecular weight is 300 g/mol. The Balaban J connectivity index is 2.37. The third kappa shape index (κ3) is 3.83. The molecule has 2 rings (SSSR count). The number of anilines is 1. The van der Waals surface area contributed by atoms with Gasteiger partial charge in [-0.2, -0.15) is 5.26 Å². The smallest absolute Gasteiger partial charge is 0.232 e. The fraction of sp³-hybridized carbons (Fsp3) is 0.188. The number of nitriles is 1. The van der Waals surface area contributed by atoms with Crippen LogP contribution in [-0.2, 0) is 16.6 Å². The minimum atomic E-state index is -3.40. The van der Waals surface area contributed by atoms with Crippen molar-refractivity contribution in [3.05, 3.63) is 65.2 Å². The Labute approximate surface area is 125 Å². The molecule has 0 spiro atoms. The van der Waals surface area contributed by atoms with E-state index in [9.17, 15) is 8.42 Å². The van der Waals surface area contributed by atoms with Crippen molar-refractivity contribution in [3.63, 3.8) is 0 Å². The van der Waals surface area contributed by atoms with E-state index in [1.165, 1.54) is 10.6 Å². The molecule has 5 heteroatoms. The molecule has 0 aromatic heterocycles. The molecule has 108 valence electrons. The maximum Gasteiger partial charge on any atom is 0.232 e. The van der Waals surface area contributed by atoms with E-state index in [-0.39, 0.29) is 6.54 Å². The highest BCUT2D eigenvalue weighted by Gasteiger charge is 2.17. The Morgan fingerprint density at radius 2 is 1.81 bits per heavy atom. The molecule has 0 radical (unpaired) electrons. The highest BCUT2D eigenvalue weighted by atomic mass is 32.2. The van der Waals surface area contributed by atoms with Crippen molar-refractivity contribution in [3.8, 4) is 6.07 Å². The summed E-state index contributed by atoms with van der Waals surface area (Å²) < 4.78 is 25.4. The summed E-state index contributed by atoms with van der Waals surface area (Å²) >= 11 is 0. The van der Waals surface area contributed by atoms with Gasteiger partial charge in [0, 0.05) is 0 Å². The first-order chi connectivity index (χ1) is 9.90. The molecule has 0 aliphatic carbocycles. The van der Waals surface area contributed by atoms with Crippen molar-refractivity contribution in [1.29, 1.82) is 5.26 Å². The molecule has 21 heavy (non-hydrogen) atoms. The van der Waals surface area contributed by atoms with E-state index in [0.717, 1.165) is 11.1 Å². The summed E-state index contributed by atoms with van der Waals surface area (Å²) in [6.07, 6.45) is 1.18. The minimum absolute atomic E-state index is 0.270. The Kier molecular flexibility index (Phi) is 4.29. The van der Waals surface area contributed by atoms with Gasteiger partial charge in [0.1, 0.15) is 0 Å². The lowest BCUT2D eigenvalue weighted by atomic mass is 10.1. The second-order valence-corrected chi connectivity index (χ2v) is 6.82. The quantitative estimate of drug-likeness (QED) is 0.872. The van der Waals surface area contributed by atoms with Crippen LogP contribution in [0.3, 0.4) is 0 Å². The van der Waals surface area contributed by atoms with Gasteiger partial charge in [0.2, 0.25) is 10.0 Å². The first kappa shape index (κ1) is 15.1. The molecule has 2 aromatic rings. The van der Waals surface area contributed by atoms with Crippen LogP contribution in [0, 0.1) is 18.3 Å². The van der Waals surface area contributed by atoms with Gasteiger partial charge in [-0.3, -0.25) is 4.31 Å². The number of hydrogen-bond donors (Lipinski definition) is 0. The summed E-state index contributed by atoms with van der Waals surface area (Å²) in [4.78, 5) is 0. The van der Waals surface area contributed by atoms with E-state index < -0.39 is 10.0 Å². The Morgan fingerprint density at radius 3 is 2.33 bits per heavy atom. The fourth-order valence-corrected chi connectivity index (χ4v) is 2.97. The van der Waals surface area contributed by atoms with Gasteiger partial charge in [0.25, 0.3) is 0 Å². The third-order valence-corrected chi connectivity index (χ3v) is 4.23. The molecule has 0 saturated heterocycles. The van der Waals surface area contributed by atoms with Crippen molar-refractivity contribution in [2.75, 3.05) is 10.6 Å². The standard InChI is InChI=1S/C16H16N2O2S/c1-13-4-3-5-15(10-13)12-18(21(2,19)20)16-8-6-14(11-17)7-9-16/h3-10H,12H2,1-2H3. The third-order valence-electron chi connectivity index (χ3n) is 3.09. The first-order valence-electron chi connectivity index (χ1n) is 6.43. The van der Waals surface area contributed by atoms with Crippen LogP contribution in [0.5, 0.6) is 0 Å². The lowest BCUT2D eigenvalue weighted by Gasteiger charge is -2.22. The number of sulfonamides is 1. The molecular weight excluding hydrogens is 284 g/mol. The fourth-order valence-electron chi connectivity index (χ4n) is 2.08. The normalized spacial score (nSPS) is 10.9. The van der Waals surface area contributed by atoms with Gasteiger partial charge in [-0.15, -0.1) is 0 Å². The summed E-state index contributed by atoms with van der Waals surface area (Å²) in [5, 5.41) is 8.81. The van der Waals surface area contributed by atoms with Gasteiger partial charge >= 0.3 is 0 Å². The van der Waals surface area contributed by atoms with Gasteiger partial charge in [0.05, 0.1) is 30.1 Å². The minimum Gasteiger partial charge on any atom is -0.266 e. The maximum absolute atomic E-state index is 12.0. The van der Waals surface area contributed by atoms with Crippen LogP contribution in [0.2, 0.25) is 0 Å². The van der Waals surface area contributed by atoms with E-state index in [1.54, 1.807) is 24.3 Å². The predicted molar refractivity (Wildman–Crippen MR) is 83.4 cm³/mol. The zero-order valence-electron chi connectivity index (χ0n) is 11.9. The Hall–Kier alpha value is -2.32. The monoisotopic (exact) mass is 300 g/mol. The van der Waals surface area contributed by atoms with Crippen molar-refractivity contribution < 1.29 is 8.42 Å². The molecule has 4 nitrogen and oxygen atoms in total. The van der Waals surface area contributed by atoms with Gasteiger partial charge in [0.15, 0.2) is 0 Å². The van der Waals surface area contributed by atoms with Crippen LogP contribution in [0.1, 0.15) is 16.7 Å². The van der Waals surface area contributed by atoms with Crippen molar-refractivity contribution in [2.45, 2.75) is 13.5 Å². The van der Waals surface area contributed by atoms with Crippen LogP contribution >= 0.6 is 0 Å². The molecule has 0 N–H and O–H groups in total. The molecule has 0 saturated carbocycles. The topological polar surface area (TPSA) is 61.2 Å². The number of hydrogen-bond acceptors (Lipinski definition) is 3. The second kappa shape index (κ2) is 5.98. The van der Waals surface area contributed by atoms with Crippen LogP contribution in [0.4, 0.5) is 5.69 Å². The summed E-state index contributed by atoms with van der Waals surface area (Å²) in [5.41, 5.74) is 3.06. The lowest BCUT2D eigenvalue weighted by molar-refractivity contribution is 0.596. The van der Waals surface area contributed by atoms with Gasteiger partial charge in [-0.1, -0.05) is 29.8 Å². The van der Waals surface area contributed by atoms with Gasteiger partial charge in [-0.25, -0.2) is 8.42 Å². The van der Waals surface area contributed by atoms with Crippen molar-refractivity contribution >= 4 is 15.7 Å². The molecule has 0 heterocycles. The van der Waals surface area contributed by atoms with Crippen LogP contribution in [-0.4, -0.2) is 14.7 Å². The van der Waals surface area contributed by atoms with Crippen LogP contribution in [0.15, 0.2) is 48.5 Å². The summed E-state index contributed by atoms with van der Waals surface area (Å²) in [7, 11) is -3.40. The van der Waals surface area contributed by atoms with Crippen molar-refractivity contribution in [2.24, 2.45) is 0 Å². The SMILES string of the molecule is Cc1cccc(CN(c2ccc(C#N)cc2)S(C)(=O)=O)c1. The maximum atomic E-state index is 12.0. The highest BCUT2D eigenvalue weighted by Crippen LogP contribution is 2.21. The van der Waals surface area contributed by atoms with E-state index in [1.807, 2.05) is 37.3 Å². The Bertz CT molecular complexity index is 775. The molecule has 0 unspecified atom stereocenters. The molecule has 0 aliphatic heterocycles. The summed E-state index contributed by atoms with van der Waals surface area (Å²) in [6, 6.07) is 16.3. The zero-order chi connectivity index (χ0) is 15.5. The Morgan fingerprint density at radius 1 is 1.14 bits per heavy atom. The van der Waals surface area contributed by atoms with Gasteiger partial charge in [-0.05, 0) is 36.8 Å². The van der Waals surface area contributed by atoms with Crippen LogP contribution in [0.25, 0.3) is 0 Å². The second-order valence-electron chi connectivity index (χ2n) is 4.92. The van der Waals surface area contributed by atoms with Crippen molar-refractivity contribution in [1.82, 2.24) is 0 Å². The molecule has 0 fully saturated rings. The zero-order valence-corrected chi connectivity index (χ0v) is 12.8. The van der Waals surface area contributed by atoms with E-state index >= 15 is 0 Å². The predicted octanol–water partition coefficient (Wildman–Crippen LogP) is 2.83. The number of nitrogens with zero attached hydrogens (tertiary/aromatic N) is 2. The molecule has 0 amide bonds. The number of aryl methyl sites for hydroxylation is 1. The first-order valence-corrected chi connectivity index (χ1v) is 8.28. The molecule has 0 bridgehead atoms. The highest BCUT2D eigenvalue weighted by molar-refractivity contribution is 7.92. The van der Waals surface area contributed by atoms with Crippen LogP contribution < -0.4 is 4.31 Å². The largest absolute Gasteiger partial charge is 0.266 e. The molecule has 0 aliphatic rings. The molecule has 2 aromatic carbocycles. The average Bonchev–Trinajstić information content (AvgIpc) is 2.44. The van der Waals surface area contributed by atoms with E-state index in [4.69, 9.17) is 5.26 Å². The number of rotatable bonds is 4. The summed E-state index contributed by atoms with van der Waals surface area (Å²) in [5.74, 6) is 0.